The van der Waals surface area contributed by atoms with E-state index in [0.717, 1.165) is 24.2 Å². The van der Waals surface area contributed by atoms with Crippen LogP contribution in [0.4, 0.5) is 14.5 Å². The summed E-state index contributed by atoms with van der Waals surface area (Å²) in [6.45, 7) is -3.02. The van der Waals surface area contributed by atoms with Crippen LogP contribution in [-0.2, 0) is 0 Å². The minimum absolute atomic E-state index is 0.114. The summed E-state index contributed by atoms with van der Waals surface area (Å²) in [6, 6.07) is 11.1. The Balaban J connectivity index is 1.46. The fraction of sp³-hybridized carbons (Fsp3) is 0.250. The maximum Gasteiger partial charge on any atom is 0.387 e. The van der Waals surface area contributed by atoms with Gasteiger partial charge in [0.05, 0.1) is 7.11 Å². The highest BCUT2D eigenvalue weighted by atomic mass is 19.3. The number of ether oxygens (including phenoxy) is 2. The van der Waals surface area contributed by atoms with Gasteiger partial charge in [-0.2, -0.15) is 13.9 Å². The Morgan fingerprint density at radius 3 is 2.59 bits per heavy atom. The van der Waals surface area contributed by atoms with E-state index in [-0.39, 0.29) is 17.1 Å². The number of rotatable bonds is 7. The fourth-order valence-corrected chi connectivity index (χ4v) is 2.85. The Morgan fingerprint density at radius 1 is 1.17 bits per heavy atom. The molecule has 9 heteroatoms. The predicted molar refractivity (Wildman–Crippen MR) is 101 cm³/mol. The van der Waals surface area contributed by atoms with Gasteiger partial charge >= 0.3 is 6.61 Å². The number of carbonyl (C=O) groups excluding carboxylic acids is 1. The number of hydrogen-bond donors (Lipinski definition) is 2. The maximum absolute atomic E-state index is 12.6. The lowest BCUT2D eigenvalue weighted by Crippen LogP contribution is -2.12. The van der Waals surface area contributed by atoms with E-state index in [4.69, 9.17) is 4.74 Å². The monoisotopic (exact) mass is 400 g/mol. The molecule has 4 rings (SSSR count). The summed E-state index contributed by atoms with van der Waals surface area (Å²) in [5, 5.41) is 9.90. The van der Waals surface area contributed by atoms with Gasteiger partial charge in [-0.1, -0.05) is 0 Å². The summed E-state index contributed by atoms with van der Waals surface area (Å²) in [6.07, 6.45) is 2.27. The van der Waals surface area contributed by atoms with Crippen LogP contribution in [0.15, 0.2) is 42.5 Å². The number of methoxy groups -OCH3 is 1. The molecule has 0 unspecified atom stereocenters. The molecular formula is C20H18F2N4O3. The van der Waals surface area contributed by atoms with Crippen LogP contribution in [0, 0.1) is 0 Å². The van der Waals surface area contributed by atoms with Gasteiger partial charge in [0.1, 0.15) is 5.82 Å². The van der Waals surface area contributed by atoms with Crippen molar-refractivity contribution < 1.29 is 23.0 Å². The van der Waals surface area contributed by atoms with Crippen LogP contribution in [0.5, 0.6) is 11.5 Å². The third-order valence-electron chi connectivity index (χ3n) is 4.51. The zero-order valence-electron chi connectivity index (χ0n) is 15.5. The van der Waals surface area contributed by atoms with E-state index in [1.807, 2.05) is 0 Å². The van der Waals surface area contributed by atoms with Crippen molar-refractivity contribution in [1.82, 2.24) is 15.2 Å². The number of nitrogens with one attached hydrogen (secondary N) is 2. The van der Waals surface area contributed by atoms with Crippen molar-refractivity contribution in [3.63, 3.8) is 0 Å². The Hall–Kier alpha value is -3.49. The topological polar surface area (TPSA) is 89.1 Å². The van der Waals surface area contributed by atoms with Crippen LogP contribution in [0.1, 0.15) is 34.9 Å². The van der Waals surface area contributed by atoms with E-state index >= 15 is 0 Å². The lowest BCUT2D eigenvalue weighted by molar-refractivity contribution is -0.0512. The lowest BCUT2D eigenvalue weighted by Gasteiger charge is -2.12. The fourth-order valence-electron chi connectivity index (χ4n) is 2.85. The van der Waals surface area contributed by atoms with E-state index in [2.05, 4.69) is 25.2 Å². The van der Waals surface area contributed by atoms with Gasteiger partial charge < -0.3 is 14.8 Å². The van der Waals surface area contributed by atoms with Crippen LogP contribution >= 0.6 is 0 Å². The van der Waals surface area contributed by atoms with Crippen LogP contribution in [0.25, 0.3) is 11.4 Å². The first-order valence-corrected chi connectivity index (χ1v) is 9.00. The Morgan fingerprint density at radius 2 is 1.93 bits per heavy atom. The van der Waals surface area contributed by atoms with Crippen LogP contribution in [0.2, 0.25) is 0 Å². The molecule has 3 aromatic rings. The number of hydrogen-bond acceptors (Lipinski definition) is 5. The number of aromatic nitrogens is 3. The predicted octanol–water partition coefficient (Wildman–Crippen LogP) is 4.21. The number of amides is 1. The van der Waals surface area contributed by atoms with Gasteiger partial charge in [-0.25, -0.2) is 4.98 Å². The van der Waals surface area contributed by atoms with E-state index < -0.39 is 12.5 Å². The Kier molecular flexibility index (Phi) is 5.11. The third-order valence-corrected chi connectivity index (χ3v) is 4.51. The molecule has 1 amide bonds. The molecule has 7 nitrogen and oxygen atoms in total. The number of aromatic amines is 1. The largest absolute Gasteiger partial charge is 0.493 e. The molecule has 0 saturated heterocycles. The van der Waals surface area contributed by atoms with E-state index in [1.165, 1.54) is 25.3 Å². The average molecular weight is 400 g/mol. The molecule has 29 heavy (non-hydrogen) atoms. The van der Waals surface area contributed by atoms with Crippen molar-refractivity contribution >= 4 is 11.6 Å². The van der Waals surface area contributed by atoms with Crippen LogP contribution in [-0.4, -0.2) is 34.8 Å². The molecule has 1 aliphatic rings. The van der Waals surface area contributed by atoms with Gasteiger partial charge in [-0.15, -0.1) is 0 Å². The molecule has 0 atom stereocenters. The second kappa shape index (κ2) is 7.86. The number of anilines is 1. The first kappa shape index (κ1) is 18.9. The molecule has 0 aliphatic heterocycles. The van der Waals surface area contributed by atoms with Crippen molar-refractivity contribution in [2.24, 2.45) is 0 Å². The normalized spacial score (nSPS) is 13.4. The van der Waals surface area contributed by atoms with Crippen molar-refractivity contribution in [2.75, 3.05) is 12.4 Å². The number of nitrogens with zero attached hydrogens (tertiary/aromatic N) is 2. The minimum atomic E-state index is -3.02. The van der Waals surface area contributed by atoms with Gasteiger partial charge in [0.25, 0.3) is 5.91 Å². The highest BCUT2D eigenvalue weighted by molar-refractivity contribution is 6.04. The Bertz CT molecular complexity index is 1020. The second-order valence-corrected chi connectivity index (χ2v) is 6.59. The lowest BCUT2D eigenvalue weighted by atomic mass is 10.1. The van der Waals surface area contributed by atoms with Crippen molar-refractivity contribution in [3.8, 4) is 22.9 Å². The first-order chi connectivity index (χ1) is 14.0. The number of alkyl halides is 2. The molecular weight excluding hydrogens is 382 g/mol. The van der Waals surface area contributed by atoms with Gasteiger partial charge in [0, 0.05) is 22.7 Å². The zero-order chi connectivity index (χ0) is 20.4. The number of halogens is 2. The first-order valence-electron chi connectivity index (χ1n) is 9.00. The standard InChI is InChI=1S/C20H18F2N4O3/c1-28-15-9-6-13(10-16(15)29-20(21)22)19(27)23-14-7-4-12(5-8-14)18-24-17(25-26-18)11-2-3-11/h4-11,20H,2-3H2,1H3,(H,23,27)(H,24,25,26). The van der Waals surface area contributed by atoms with E-state index in [1.54, 1.807) is 24.3 Å². The minimum Gasteiger partial charge on any atom is -0.493 e. The molecule has 1 heterocycles. The summed E-state index contributed by atoms with van der Waals surface area (Å²) in [4.78, 5) is 17.0. The van der Waals surface area contributed by atoms with E-state index in [9.17, 15) is 13.6 Å². The molecule has 2 aromatic carbocycles. The molecule has 1 aliphatic carbocycles. The average Bonchev–Trinajstić information content (AvgIpc) is 3.45. The van der Waals surface area contributed by atoms with Crippen molar-refractivity contribution in [1.29, 1.82) is 0 Å². The van der Waals surface area contributed by atoms with Crippen molar-refractivity contribution in [3.05, 3.63) is 53.9 Å². The van der Waals surface area contributed by atoms with Gasteiger partial charge in [0.2, 0.25) is 0 Å². The molecule has 0 bridgehead atoms. The highest BCUT2D eigenvalue weighted by Crippen LogP contribution is 2.38. The smallest absolute Gasteiger partial charge is 0.387 e. The Labute approximate surface area is 165 Å². The molecule has 0 radical (unpaired) electrons. The summed E-state index contributed by atoms with van der Waals surface area (Å²) >= 11 is 0. The molecule has 0 spiro atoms. The second-order valence-electron chi connectivity index (χ2n) is 6.59. The molecule has 150 valence electrons. The summed E-state index contributed by atoms with van der Waals surface area (Å²) in [7, 11) is 1.33. The van der Waals surface area contributed by atoms with Crippen molar-refractivity contribution in [2.45, 2.75) is 25.4 Å². The molecule has 1 aromatic heterocycles. The number of H-pyrrole nitrogens is 1. The highest BCUT2D eigenvalue weighted by Gasteiger charge is 2.27. The summed E-state index contributed by atoms with van der Waals surface area (Å²) < 4.78 is 34.5. The SMILES string of the molecule is COc1ccc(C(=O)Nc2ccc(-c3n[nH]c(C4CC4)n3)cc2)cc1OC(F)F. The summed E-state index contributed by atoms with van der Waals surface area (Å²) in [5.41, 5.74) is 1.53. The molecule has 1 fully saturated rings. The quantitative estimate of drug-likeness (QED) is 0.620. The van der Waals surface area contributed by atoms with Gasteiger partial charge in [-0.3, -0.25) is 9.89 Å². The third kappa shape index (κ3) is 4.34. The number of benzene rings is 2. The number of carbonyl (C=O) groups is 1. The van der Waals surface area contributed by atoms with Crippen LogP contribution in [0.3, 0.4) is 0 Å². The summed E-state index contributed by atoms with van der Waals surface area (Å²) in [5.74, 6) is 1.43. The zero-order valence-corrected chi connectivity index (χ0v) is 15.5. The van der Waals surface area contributed by atoms with Gasteiger partial charge in [0.15, 0.2) is 17.3 Å². The maximum atomic E-state index is 12.6. The molecule has 2 N–H and O–H groups in total. The molecule has 1 saturated carbocycles. The van der Waals surface area contributed by atoms with E-state index in [0.29, 0.717) is 17.4 Å². The van der Waals surface area contributed by atoms with Gasteiger partial charge in [-0.05, 0) is 55.3 Å². The van der Waals surface area contributed by atoms with Crippen LogP contribution < -0.4 is 14.8 Å².